The molecule has 25 heavy (non-hydrogen) atoms. The number of carbonyl (C=O) groups is 1. The Hall–Kier alpha value is -2.56. The van der Waals surface area contributed by atoms with Crippen LogP contribution < -0.4 is 10.2 Å². The molecule has 0 atom stereocenters. The molecule has 0 spiro atoms. The lowest BCUT2D eigenvalue weighted by molar-refractivity contribution is -0.123. The van der Waals surface area contributed by atoms with Gasteiger partial charge in [0.05, 0.1) is 16.3 Å². The number of hydrazone groups is 1. The minimum absolute atomic E-state index is 0.128. The van der Waals surface area contributed by atoms with Crippen LogP contribution in [0.15, 0.2) is 65.8 Å². The first-order chi connectivity index (χ1) is 12.1. The molecule has 0 fully saturated rings. The van der Waals surface area contributed by atoms with Gasteiger partial charge in [0.25, 0.3) is 5.91 Å². The normalized spacial score (nSPS) is 11.0. The van der Waals surface area contributed by atoms with Crippen LogP contribution in [0.4, 0.5) is 0 Å². The van der Waals surface area contributed by atoms with E-state index in [0.29, 0.717) is 15.8 Å². The van der Waals surface area contributed by atoms with Gasteiger partial charge in [-0.3, -0.25) is 4.79 Å². The fourth-order valence-corrected chi connectivity index (χ4v) is 2.52. The summed E-state index contributed by atoms with van der Waals surface area (Å²) >= 11 is 11.8. The molecule has 0 aromatic heterocycles. The SMILES string of the molecule is O=C(COc1ccc2ccccc2c1)NN=Cc1ccc(Cl)c(Cl)c1. The van der Waals surface area contributed by atoms with Gasteiger partial charge in [-0.15, -0.1) is 0 Å². The number of benzene rings is 3. The van der Waals surface area contributed by atoms with Crippen molar-refractivity contribution in [2.24, 2.45) is 5.10 Å². The molecule has 6 heteroatoms. The van der Waals surface area contributed by atoms with Crippen molar-refractivity contribution in [2.45, 2.75) is 0 Å². The van der Waals surface area contributed by atoms with Gasteiger partial charge in [-0.2, -0.15) is 5.10 Å². The van der Waals surface area contributed by atoms with Crippen LogP contribution in [-0.2, 0) is 4.79 Å². The van der Waals surface area contributed by atoms with Crippen LogP contribution in [0.3, 0.4) is 0 Å². The second-order valence-electron chi connectivity index (χ2n) is 5.26. The van der Waals surface area contributed by atoms with Gasteiger partial charge >= 0.3 is 0 Å². The van der Waals surface area contributed by atoms with Gasteiger partial charge in [-0.1, -0.05) is 59.6 Å². The van der Waals surface area contributed by atoms with Crippen LogP contribution in [0.2, 0.25) is 10.0 Å². The van der Waals surface area contributed by atoms with Gasteiger partial charge in [0.1, 0.15) is 5.75 Å². The number of nitrogens with one attached hydrogen (secondary N) is 1. The number of halogens is 2. The Labute approximate surface area is 155 Å². The maximum atomic E-state index is 11.8. The topological polar surface area (TPSA) is 50.7 Å². The van der Waals surface area contributed by atoms with Gasteiger partial charge in [-0.25, -0.2) is 5.43 Å². The van der Waals surface area contributed by atoms with E-state index in [1.807, 2.05) is 42.5 Å². The zero-order valence-corrected chi connectivity index (χ0v) is 14.6. The summed E-state index contributed by atoms with van der Waals surface area (Å²) in [4.78, 5) is 11.8. The van der Waals surface area contributed by atoms with Crippen LogP contribution >= 0.6 is 23.2 Å². The van der Waals surface area contributed by atoms with E-state index in [0.717, 1.165) is 16.3 Å². The number of hydrogen-bond donors (Lipinski definition) is 1. The molecule has 1 N–H and O–H groups in total. The highest BCUT2D eigenvalue weighted by molar-refractivity contribution is 6.42. The average Bonchev–Trinajstić information content (AvgIpc) is 2.63. The van der Waals surface area contributed by atoms with Crippen molar-refractivity contribution in [1.82, 2.24) is 5.43 Å². The highest BCUT2D eigenvalue weighted by Gasteiger charge is 2.03. The van der Waals surface area contributed by atoms with E-state index in [1.54, 1.807) is 18.2 Å². The van der Waals surface area contributed by atoms with E-state index in [-0.39, 0.29) is 12.5 Å². The first-order valence-electron chi connectivity index (χ1n) is 7.50. The number of amides is 1. The van der Waals surface area contributed by atoms with E-state index in [1.165, 1.54) is 6.21 Å². The lowest BCUT2D eigenvalue weighted by atomic mass is 10.1. The molecule has 126 valence electrons. The highest BCUT2D eigenvalue weighted by atomic mass is 35.5. The zero-order chi connectivity index (χ0) is 17.6. The molecule has 0 saturated carbocycles. The first-order valence-corrected chi connectivity index (χ1v) is 8.26. The van der Waals surface area contributed by atoms with Gasteiger partial charge in [0.2, 0.25) is 0 Å². The van der Waals surface area contributed by atoms with Crippen LogP contribution in [0.25, 0.3) is 10.8 Å². The van der Waals surface area contributed by atoms with Crippen molar-refractivity contribution in [2.75, 3.05) is 6.61 Å². The number of carbonyl (C=O) groups excluding carboxylic acids is 1. The fraction of sp³-hybridized carbons (Fsp3) is 0.0526. The van der Waals surface area contributed by atoms with Crippen LogP contribution in [-0.4, -0.2) is 18.7 Å². The predicted octanol–water partition coefficient (Wildman–Crippen LogP) is 4.68. The summed E-state index contributed by atoms with van der Waals surface area (Å²) < 4.78 is 5.49. The molecule has 0 saturated heterocycles. The maximum Gasteiger partial charge on any atom is 0.277 e. The highest BCUT2D eigenvalue weighted by Crippen LogP contribution is 2.22. The van der Waals surface area contributed by atoms with Crippen molar-refractivity contribution in [3.63, 3.8) is 0 Å². The quantitative estimate of drug-likeness (QED) is 0.522. The summed E-state index contributed by atoms with van der Waals surface area (Å²) in [5.41, 5.74) is 3.13. The molecule has 0 aliphatic heterocycles. The Morgan fingerprint density at radius 2 is 1.80 bits per heavy atom. The minimum atomic E-state index is -0.357. The van der Waals surface area contributed by atoms with Crippen molar-refractivity contribution in [1.29, 1.82) is 0 Å². The standard InChI is InChI=1S/C19H14Cl2N2O2/c20-17-8-5-13(9-18(17)21)11-22-23-19(24)12-25-16-7-6-14-3-1-2-4-15(14)10-16/h1-11H,12H2,(H,23,24). The number of hydrogen-bond acceptors (Lipinski definition) is 3. The molecule has 0 aliphatic carbocycles. The van der Waals surface area contributed by atoms with Gasteiger partial charge < -0.3 is 4.74 Å². The zero-order valence-electron chi connectivity index (χ0n) is 13.1. The average molecular weight is 373 g/mol. The molecular formula is C19H14Cl2N2O2. The summed E-state index contributed by atoms with van der Waals surface area (Å²) in [5, 5.41) is 6.93. The van der Waals surface area contributed by atoms with Crippen molar-refractivity contribution < 1.29 is 9.53 Å². The molecule has 3 aromatic carbocycles. The Morgan fingerprint density at radius 3 is 2.60 bits per heavy atom. The molecule has 0 aliphatic rings. The van der Waals surface area contributed by atoms with E-state index < -0.39 is 0 Å². The smallest absolute Gasteiger partial charge is 0.277 e. The summed E-state index contributed by atoms with van der Waals surface area (Å²) in [6.45, 7) is -0.128. The van der Waals surface area contributed by atoms with E-state index in [2.05, 4.69) is 10.5 Å². The molecule has 4 nitrogen and oxygen atoms in total. The third-order valence-electron chi connectivity index (χ3n) is 3.44. The molecule has 3 aromatic rings. The summed E-state index contributed by atoms with van der Waals surface area (Å²) in [5.74, 6) is 0.270. The largest absolute Gasteiger partial charge is 0.484 e. The van der Waals surface area contributed by atoms with Gasteiger partial charge in [-0.05, 0) is 40.6 Å². The summed E-state index contributed by atoms with van der Waals surface area (Å²) in [6, 6.07) is 18.7. The van der Waals surface area contributed by atoms with Gasteiger partial charge in [0, 0.05) is 0 Å². The van der Waals surface area contributed by atoms with Crippen molar-refractivity contribution >= 4 is 46.1 Å². The van der Waals surface area contributed by atoms with Crippen LogP contribution in [0.1, 0.15) is 5.56 Å². The number of rotatable bonds is 5. The molecular weight excluding hydrogens is 359 g/mol. The number of nitrogens with zero attached hydrogens (tertiary/aromatic N) is 1. The molecule has 3 rings (SSSR count). The van der Waals surface area contributed by atoms with Crippen LogP contribution in [0.5, 0.6) is 5.75 Å². The molecule has 0 heterocycles. The molecule has 1 amide bonds. The maximum absolute atomic E-state index is 11.8. The second kappa shape index (κ2) is 8.01. The Kier molecular flexibility index (Phi) is 5.53. The predicted molar refractivity (Wildman–Crippen MR) is 102 cm³/mol. The lowest BCUT2D eigenvalue weighted by Crippen LogP contribution is -2.24. The molecule has 0 unspecified atom stereocenters. The first kappa shape index (κ1) is 17.3. The Bertz CT molecular complexity index is 942. The number of fused-ring (bicyclic) bond motifs is 1. The second-order valence-corrected chi connectivity index (χ2v) is 6.08. The van der Waals surface area contributed by atoms with Crippen molar-refractivity contribution in [3.8, 4) is 5.75 Å². The third kappa shape index (κ3) is 4.72. The molecule has 0 bridgehead atoms. The van der Waals surface area contributed by atoms with E-state index in [4.69, 9.17) is 27.9 Å². The number of ether oxygens (including phenoxy) is 1. The minimum Gasteiger partial charge on any atom is -0.484 e. The van der Waals surface area contributed by atoms with Crippen molar-refractivity contribution in [3.05, 3.63) is 76.3 Å². The monoisotopic (exact) mass is 372 g/mol. The third-order valence-corrected chi connectivity index (χ3v) is 4.18. The van der Waals surface area contributed by atoms with E-state index >= 15 is 0 Å². The Balaban J connectivity index is 1.53. The van der Waals surface area contributed by atoms with Gasteiger partial charge in [0.15, 0.2) is 6.61 Å². The van der Waals surface area contributed by atoms with E-state index in [9.17, 15) is 4.79 Å². The van der Waals surface area contributed by atoms with Crippen LogP contribution in [0, 0.1) is 0 Å². The lowest BCUT2D eigenvalue weighted by Gasteiger charge is -2.06. The summed E-state index contributed by atoms with van der Waals surface area (Å²) in [6.07, 6.45) is 1.48. The molecule has 0 radical (unpaired) electrons. The fourth-order valence-electron chi connectivity index (χ4n) is 2.21. The summed E-state index contributed by atoms with van der Waals surface area (Å²) in [7, 11) is 0. The Morgan fingerprint density at radius 1 is 1.00 bits per heavy atom.